The number of hydrogen-bond acceptors (Lipinski definition) is 8. The maximum absolute atomic E-state index is 14.8. The number of nitrogens with two attached hydrogens (primary N) is 1. The third kappa shape index (κ3) is 7.45. The largest absolute Gasteiger partial charge is 0.508 e. The lowest BCUT2D eigenvalue weighted by molar-refractivity contribution is 0.139. The quantitative estimate of drug-likeness (QED) is 0.333. The summed E-state index contributed by atoms with van der Waals surface area (Å²) in [5.41, 5.74) is 2.99. The molecule has 1 aliphatic heterocycles. The summed E-state index contributed by atoms with van der Waals surface area (Å²) < 4.78 is 37.6. The molecule has 1 aliphatic rings. The number of phenols is 1. The lowest BCUT2D eigenvalue weighted by atomic mass is 10.0. The van der Waals surface area contributed by atoms with Crippen molar-refractivity contribution in [3.8, 4) is 17.0 Å². The van der Waals surface area contributed by atoms with E-state index in [0.717, 1.165) is 30.8 Å². The second kappa shape index (κ2) is 11.5. The Bertz CT molecular complexity index is 1350. The predicted octanol–water partition coefficient (Wildman–Crippen LogP) is 2.61. The third-order valence-corrected chi connectivity index (χ3v) is 7.15. The van der Waals surface area contributed by atoms with E-state index in [9.17, 15) is 17.9 Å². The lowest BCUT2D eigenvalue weighted by Crippen LogP contribution is -2.53. The molecular formula is C26H33FN6O3S. The topological polar surface area (TPSA) is 133 Å². The standard InChI is InChI=1S/C26H33FN6O3S/c1-17-14-33(18(2)13-31-17)15-20-3-5-23(27)22(12-20)24-8-10-30-26(32-24)29-9-7-19-4-6-25(34)21(11-19)16-37(28,35)36/h3-6,8,10-12,17-18,31,34H,7,9,13-16H2,1-2H3,(H2,28,35,36)(H,29,30,32)/t17-,18-/m0/s1. The van der Waals surface area contributed by atoms with E-state index in [1.54, 1.807) is 24.4 Å². The highest BCUT2D eigenvalue weighted by molar-refractivity contribution is 7.88. The fraction of sp³-hybridized carbons (Fsp3) is 0.385. The number of benzene rings is 2. The van der Waals surface area contributed by atoms with E-state index in [1.807, 2.05) is 12.1 Å². The number of phenolic OH excluding ortho intramolecular Hbond substituents is 1. The summed E-state index contributed by atoms with van der Waals surface area (Å²) in [4.78, 5) is 11.1. The van der Waals surface area contributed by atoms with Gasteiger partial charge in [0.25, 0.3) is 0 Å². The van der Waals surface area contributed by atoms with E-state index in [-0.39, 0.29) is 17.1 Å². The van der Waals surface area contributed by atoms with E-state index >= 15 is 0 Å². The number of halogens is 1. The Morgan fingerprint density at radius 2 is 1.97 bits per heavy atom. The number of hydrogen-bond donors (Lipinski definition) is 4. The van der Waals surface area contributed by atoms with Gasteiger partial charge < -0.3 is 15.7 Å². The zero-order valence-corrected chi connectivity index (χ0v) is 21.8. The Morgan fingerprint density at radius 1 is 1.19 bits per heavy atom. The summed E-state index contributed by atoms with van der Waals surface area (Å²) >= 11 is 0. The smallest absolute Gasteiger partial charge is 0.223 e. The Morgan fingerprint density at radius 3 is 2.76 bits per heavy atom. The van der Waals surface area contributed by atoms with Crippen LogP contribution in [0.1, 0.15) is 30.5 Å². The molecule has 2 atom stereocenters. The number of aromatic hydroxyl groups is 1. The van der Waals surface area contributed by atoms with Gasteiger partial charge in [0, 0.05) is 55.6 Å². The van der Waals surface area contributed by atoms with Crippen LogP contribution in [-0.2, 0) is 28.7 Å². The molecule has 1 saturated heterocycles. The van der Waals surface area contributed by atoms with E-state index < -0.39 is 15.8 Å². The Kier molecular flexibility index (Phi) is 8.38. The van der Waals surface area contributed by atoms with Crippen LogP contribution in [0.4, 0.5) is 10.3 Å². The van der Waals surface area contributed by atoms with Gasteiger partial charge in [0.15, 0.2) is 0 Å². The second-order valence-corrected chi connectivity index (χ2v) is 11.2. The van der Waals surface area contributed by atoms with Crippen molar-refractivity contribution in [2.45, 2.75) is 44.6 Å². The number of anilines is 1. The van der Waals surface area contributed by atoms with Gasteiger partial charge >= 0.3 is 0 Å². The molecule has 0 bridgehead atoms. The van der Waals surface area contributed by atoms with Gasteiger partial charge in [0.05, 0.1) is 11.4 Å². The Balaban J connectivity index is 1.43. The molecule has 3 aromatic rings. The van der Waals surface area contributed by atoms with Crippen LogP contribution in [0.25, 0.3) is 11.3 Å². The molecule has 5 N–H and O–H groups in total. The Hall–Kier alpha value is -3.12. The fourth-order valence-electron chi connectivity index (χ4n) is 4.46. The van der Waals surface area contributed by atoms with Crippen LogP contribution in [0.3, 0.4) is 0 Å². The minimum atomic E-state index is -3.76. The molecule has 0 saturated carbocycles. The molecule has 198 valence electrons. The van der Waals surface area contributed by atoms with E-state index in [4.69, 9.17) is 5.14 Å². The monoisotopic (exact) mass is 528 g/mol. The second-order valence-electron chi connectivity index (χ2n) is 9.61. The molecule has 0 radical (unpaired) electrons. The van der Waals surface area contributed by atoms with Gasteiger partial charge in [0.2, 0.25) is 16.0 Å². The van der Waals surface area contributed by atoms with Crippen LogP contribution in [0.5, 0.6) is 5.75 Å². The number of primary sulfonamides is 1. The lowest BCUT2D eigenvalue weighted by Gasteiger charge is -2.37. The first-order chi connectivity index (χ1) is 17.6. The third-order valence-electron chi connectivity index (χ3n) is 6.44. The molecule has 0 unspecified atom stereocenters. The van der Waals surface area contributed by atoms with Gasteiger partial charge in [-0.15, -0.1) is 0 Å². The minimum Gasteiger partial charge on any atom is -0.508 e. The summed E-state index contributed by atoms with van der Waals surface area (Å²) in [6.07, 6.45) is 2.11. The highest BCUT2D eigenvalue weighted by Crippen LogP contribution is 2.25. The summed E-state index contributed by atoms with van der Waals surface area (Å²) in [7, 11) is -3.76. The molecule has 2 heterocycles. The van der Waals surface area contributed by atoms with E-state index in [1.165, 1.54) is 12.1 Å². The van der Waals surface area contributed by atoms with Crippen molar-refractivity contribution in [1.82, 2.24) is 20.2 Å². The van der Waals surface area contributed by atoms with Crippen molar-refractivity contribution in [2.75, 3.05) is 25.0 Å². The number of piperazine rings is 1. The first-order valence-electron chi connectivity index (χ1n) is 12.2. The van der Waals surface area contributed by atoms with E-state index in [0.29, 0.717) is 42.3 Å². The first-order valence-corrected chi connectivity index (χ1v) is 13.9. The molecule has 0 spiro atoms. The van der Waals surface area contributed by atoms with Gasteiger partial charge in [0.1, 0.15) is 11.6 Å². The SMILES string of the molecule is C[C@H]1CN(Cc2ccc(F)c(-c3ccnc(NCCc4ccc(O)c(CS(N)(=O)=O)c4)n3)c2)[C@@H](C)CN1. The minimum absolute atomic E-state index is 0.119. The molecule has 1 aromatic heterocycles. The highest BCUT2D eigenvalue weighted by Gasteiger charge is 2.22. The molecule has 2 aromatic carbocycles. The van der Waals surface area contributed by atoms with Crippen molar-refractivity contribution in [3.05, 3.63) is 71.2 Å². The molecule has 9 nitrogen and oxygen atoms in total. The molecule has 0 aliphatic carbocycles. The van der Waals surface area contributed by atoms with Gasteiger partial charge in [-0.25, -0.2) is 27.9 Å². The summed E-state index contributed by atoms with van der Waals surface area (Å²) in [6, 6.07) is 12.4. The van der Waals surface area contributed by atoms with Crippen molar-refractivity contribution < 1.29 is 17.9 Å². The maximum Gasteiger partial charge on any atom is 0.223 e. The molecule has 4 rings (SSSR count). The number of rotatable bonds is 9. The summed E-state index contributed by atoms with van der Waals surface area (Å²) in [6.45, 7) is 7.38. The summed E-state index contributed by atoms with van der Waals surface area (Å²) in [5.74, 6) is -0.549. The van der Waals surface area contributed by atoms with Crippen molar-refractivity contribution >= 4 is 16.0 Å². The van der Waals surface area contributed by atoms with Crippen LogP contribution < -0.4 is 15.8 Å². The maximum atomic E-state index is 14.8. The zero-order valence-electron chi connectivity index (χ0n) is 21.0. The van der Waals surface area contributed by atoms with Crippen molar-refractivity contribution in [2.24, 2.45) is 5.14 Å². The van der Waals surface area contributed by atoms with Crippen LogP contribution in [0.15, 0.2) is 48.7 Å². The van der Waals surface area contributed by atoms with Crippen LogP contribution in [-0.4, -0.2) is 60.1 Å². The summed E-state index contributed by atoms with van der Waals surface area (Å²) in [5, 5.41) is 21.6. The average molecular weight is 529 g/mol. The number of nitrogens with zero attached hydrogens (tertiary/aromatic N) is 3. The van der Waals surface area contributed by atoms with Gasteiger partial charge in [-0.05, 0) is 55.7 Å². The molecule has 37 heavy (non-hydrogen) atoms. The van der Waals surface area contributed by atoms with Crippen LogP contribution in [0, 0.1) is 5.82 Å². The van der Waals surface area contributed by atoms with Gasteiger partial charge in [-0.2, -0.15) is 0 Å². The van der Waals surface area contributed by atoms with Crippen molar-refractivity contribution in [1.29, 1.82) is 0 Å². The van der Waals surface area contributed by atoms with Gasteiger partial charge in [-0.1, -0.05) is 18.2 Å². The molecule has 0 amide bonds. The van der Waals surface area contributed by atoms with E-state index in [2.05, 4.69) is 39.3 Å². The zero-order chi connectivity index (χ0) is 26.6. The fourth-order valence-corrected chi connectivity index (χ4v) is 5.12. The van der Waals surface area contributed by atoms with Gasteiger partial charge in [-0.3, -0.25) is 4.90 Å². The Labute approximate surface area is 217 Å². The van der Waals surface area contributed by atoms with Crippen LogP contribution in [0.2, 0.25) is 0 Å². The highest BCUT2D eigenvalue weighted by atomic mass is 32.2. The molecule has 1 fully saturated rings. The van der Waals surface area contributed by atoms with Crippen LogP contribution >= 0.6 is 0 Å². The molecular weight excluding hydrogens is 495 g/mol. The predicted molar refractivity (Wildman–Crippen MR) is 142 cm³/mol. The van der Waals surface area contributed by atoms with Crippen molar-refractivity contribution in [3.63, 3.8) is 0 Å². The normalized spacial score (nSPS) is 18.6. The first kappa shape index (κ1) is 26.9. The average Bonchev–Trinajstić information content (AvgIpc) is 2.84. The number of sulfonamides is 1. The number of aromatic nitrogens is 2. The number of nitrogens with one attached hydrogen (secondary N) is 2. The molecule has 11 heteroatoms.